The molecule has 0 aliphatic rings. The Morgan fingerprint density at radius 1 is 0.588 bits per heavy atom. The second kappa shape index (κ2) is 13.0. The van der Waals surface area contributed by atoms with E-state index in [-0.39, 0.29) is 19.0 Å². The summed E-state index contributed by atoms with van der Waals surface area (Å²) in [4.78, 5) is 20.2. The standard InChI is InChI=1S/C12H22O4.H3N/c13-11(14)9-7-5-3-1-2-4-6-8-10-12(15)16;/h1-10H2,(H,13,14)(H,15,16);1H3/p-1. The minimum atomic E-state index is -0.970. The largest absolute Gasteiger partial charge is 0.550 e. The lowest BCUT2D eigenvalue weighted by Gasteiger charge is -2.03. The van der Waals surface area contributed by atoms with Gasteiger partial charge in [-0.25, -0.2) is 0 Å². The molecule has 0 aliphatic heterocycles. The van der Waals surface area contributed by atoms with Crippen molar-refractivity contribution in [1.29, 1.82) is 0 Å². The van der Waals surface area contributed by atoms with E-state index < -0.39 is 11.9 Å². The smallest absolute Gasteiger partial charge is 0.0414 e. The van der Waals surface area contributed by atoms with Gasteiger partial charge in [-0.3, -0.25) is 0 Å². The summed E-state index contributed by atoms with van der Waals surface area (Å²) in [5.41, 5.74) is 0. The van der Waals surface area contributed by atoms with Crippen molar-refractivity contribution in [2.75, 3.05) is 0 Å². The number of hydrogen-bond acceptors (Lipinski definition) is 4. The van der Waals surface area contributed by atoms with Gasteiger partial charge in [-0.15, -0.1) is 0 Å². The van der Waals surface area contributed by atoms with E-state index in [1.165, 1.54) is 0 Å². The fourth-order valence-corrected chi connectivity index (χ4v) is 1.60. The van der Waals surface area contributed by atoms with Crippen LogP contribution in [0.2, 0.25) is 0 Å². The Morgan fingerprint density at radius 2 is 0.824 bits per heavy atom. The van der Waals surface area contributed by atoms with Crippen LogP contribution in [-0.4, -0.2) is 11.9 Å². The number of quaternary nitrogens is 1. The van der Waals surface area contributed by atoms with Crippen molar-refractivity contribution in [3.05, 3.63) is 0 Å². The van der Waals surface area contributed by atoms with Crippen LogP contribution < -0.4 is 16.4 Å². The van der Waals surface area contributed by atoms with Crippen molar-refractivity contribution < 1.29 is 19.8 Å². The van der Waals surface area contributed by atoms with E-state index in [1.807, 2.05) is 0 Å². The summed E-state index contributed by atoms with van der Waals surface area (Å²) in [6.45, 7) is 0. The highest BCUT2D eigenvalue weighted by Crippen LogP contribution is 2.10. The lowest BCUT2D eigenvalue weighted by Crippen LogP contribution is -2.21. The quantitative estimate of drug-likeness (QED) is 0.541. The first-order valence-electron chi connectivity index (χ1n) is 6.02. The van der Waals surface area contributed by atoms with Crippen LogP contribution in [-0.2, 0) is 9.59 Å². The summed E-state index contributed by atoms with van der Waals surface area (Å²) in [6, 6.07) is 0. The van der Waals surface area contributed by atoms with Crippen molar-refractivity contribution in [2.45, 2.75) is 64.2 Å². The number of rotatable bonds is 11. The van der Waals surface area contributed by atoms with Crippen LogP contribution in [0.1, 0.15) is 64.2 Å². The van der Waals surface area contributed by atoms with E-state index in [9.17, 15) is 19.8 Å². The highest BCUT2D eigenvalue weighted by atomic mass is 16.4. The van der Waals surface area contributed by atoms with E-state index in [0.717, 1.165) is 38.5 Å². The average Bonchev–Trinajstić information content (AvgIpc) is 2.20. The Labute approximate surface area is 103 Å². The lowest BCUT2D eigenvalue weighted by molar-refractivity contribution is -0.307. The molecule has 0 unspecified atom stereocenters. The zero-order chi connectivity index (χ0) is 12.2. The minimum absolute atomic E-state index is 0. The Hall–Kier alpha value is -1.10. The average molecular weight is 246 g/mol. The molecule has 5 heteroatoms. The number of hydrogen-bond donors (Lipinski definition) is 1. The molecule has 0 saturated heterocycles. The molecule has 0 bridgehead atoms. The molecule has 102 valence electrons. The van der Waals surface area contributed by atoms with E-state index >= 15 is 0 Å². The van der Waals surface area contributed by atoms with Gasteiger partial charge in [0.2, 0.25) is 0 Å². The monoisotopic (exact) mass is 246 g/mol. The van der Waals surface area contributed by atoms with Crippen LogP contribution in [0.5, 0.6) is 0 Å². The predicted octanol–water partition coefficient (Wildman–Crippen LogP) is 0.763. The van der Waals surface area contributed by atoms with Gasteiger partial charge in [-0.1, -0.05) is 38.5 Å². The van der Waals surface area contributed by atoms with Gasteiger partial charge in [0, 0.05) is 11.9 Å². The van der Waals surface area contributed by atoms with Crippen LogP contribution in [0.25, 0.3) is 0 Å². The van der Waals surface area contributed by atoms with Crippen LogP contribution in [0.4, 0.5) is 0 Å². The molecule has 0 aromatic carbocycles. The Bertz CT molecular complexity index is 185. The van der Waals surface area contributed by atoms with Crippen LogP contribution in [0, 0.1) is 0 Å². The molecule has 4 N–H and O–H groups in total. The molecule has 0 aromatic heterocycles. The predicted molar refractivity (Wildman–Crippen MR) is 62.2 cm³/mol. The maximum Gasteiger partial charge on any atom is 0.0414 e. The number of unbranched alkanes of at least 4 members (excludes halogenated alkanes) is 7. The summed E-state index contributed by atoms with van der Waals surface area (Å²) < 4.78 is 0. The molecule has 0 aliphatic carbocycles. The molecule has 0 saturated carbocycles. The van der Waals surface area contributed by atoms with Crippen molar-refractivity contribution in [1.82, 2.24) is 6.15 Å². The van der Waals surface area contributed by atoms with E-state index in [2.05, 4.69) is 0 Å². The Kier molecular flexibility index (Phi) is 13.9. The molecule has 0 spiro atoms. The van der Waals surface area contributed by atoms with Crippen molar-refractivity contribution >= 4 is 11.9 Å². The first-order valence-corrected chi connectivity index (χ1v) is 6.02. The molecule has 0 aromatic rings. The second-order valence-electron chi connectivity index (χ2n) is 4.07. The SMILES string of the molecule is O=C([O-])CCCCCCCCCCC(=O)[O-].[NH4+]. The topological polar surface area (TPSA) is 117 Å². The highest BCUT2D eigenvalue weighted by molar-refractivity contribution is 5.64. The molecule has 0 heterocycles. The summed E-state index contributed by atoms with van der Waals surface area (Å²) in [5, 5.41) is 20.2. The normalized spacial score (nSPS) is 9.65. The zero-order valence-corrected chi connectivity index (χ0v) is 10.7. The summed E-state index contributed by atoms with van der Waals surface area (Å²) in [5.74, 6) is -1.94. The Balaban J connectivity index is 0. The lowest BCUT2D eigenvalue weighted by atomic mass is 10.1. The first-order chi connectivity index (χ1) is 7.63. The van der Waals surface area contributed by atoms with Gasteiger partial charge in [0.25, 0.3) is 0 Å². The maximum absolute atomic E-state index is 10.1. The van der Waals surface area contributed by atoms with E-state index in [4.69, 9.17) is 0 Å². The van der Waals surface area contributed by atoms with Crippen LogP contribution in [0.3, 0.4) is 0 Å². The first kappa shape index (κ1) is 18.3. The molecule has 17 heavy (non-hydrogen) atoms. The van der Waals surface area contributed by atoms with Gasteiger partial charge in [-0.05, 0) is 25.7 Å². The van der Waals surface area contributed by atoms with Crippen LogP contribution in [0.15, 0.2) is 0 Å². The van der Waals surface area contributed by atoms with Gasteiger partial charge >= 0.3 is 0 Å². The third-order valence-electron chi connectivity index (χ3n) is 2.51. The van der Waals surface area contributed by atoms with Crippen molar-refractivity contribution in [3.63, 3.8) is 0 Å². The summed E-state index contributed by atoms with van der Waals surface area (Å²) in [6.07, 6.45) is 7.88. The number of carboxylic acids is 2. The minimum Gasteiger partial charge on any atom is -0.550 e. The molecular formula is C12H24NO4-. The number of carbonyl (C=O) groups is 2. The molecule has 5 nitrogen and oxygen atoms in total. The number of carbonyl (C=O) groups excluding carboxylic acids is 2. The molecule has 0 amide bonds. The van der Waals surface area contributed by atoms with Gasteiger partial charge in [0.15, 0.2) is 0 Å². The Morgan fingerprint density at radius 3 is 1.06 bits per heavy atom. The van der Waals surface area contributed by atoms with E-state index in [0.29, 0.717) is 12.8 Å². The molecule has 0 rings (SSSR count). The fourth-order valence-electron chi connectivity index (χ4n) is 1.60. The number of aliphatic carboxylic acids is 2. The zero-order valence-electron chi connectivity index (χ0n) is 10.7. The van der Waals surface area contributed by atoms with Gasteiger partial charge < -0.3 is 26.0 Å². The fraction of sp³-hybridized carbons (Fsp3) is 0.833. The van der Waals surface area contributed by atoms with Crippen LogP contribution >= 0.6 is 0 Å². The van der Waals surface area contributed by atoms with Gasteiger partial charge in [0.1, 0.15) is 0 Å². The number of carboxylic acid groups (broad SMARTS) is 2. The highest BCUT2D eigenvalue weighted by Gasteiger charge is 1.93. The van der Waals surface area contributed by atoms with E-state index in [1.54, 1.807) is 0 Å². The second-order valence-corrected chi connectivity index (χ2v) is 4.07. The maximum atomic E-state index is 10.1. The molecule has 0 fully saturated rings. The summed E-state index contributed by atoms with van der Waals surface area (Å²) in [7, 11) is 0. The third kappa shape index (κ3) is 17.5. The molecule has 0 radical (unpaired) electrons. The van der Waals surface area contributed by atoms with Crippen molar-refractivity contribution in [3.8, 4) is 0 Å². The van der Waals surface area contributed by atoms with Gasteiger partial charge in [0.05, 0.1) is 0 Å². The van der Waals surface area contributed by atoms with Crippen molar-refractivity contribution in [2.24, 2.45) is 0 Å². The summed E-state index contributed by atoms with van der Waals surface area (Å²) >= 11 is 0. The third-order valence-corrected chi connectivity index (χ3v) is 2.51. The van der Waals surface area contributed by atoms with Gasteiger partial charge in [-0.2, -0.15) is 0 Å². The molecular weight excluding hydrogens is 222 g/mol. The molecule has 0 atom stereocenters.